The molecule has 0 radical (unpaired) electrons. The fraction of sp³-hybridized carbons (Fsp3) is 0.684. The second-order valence-corrected chi connectivity index (χ2v) is 8.68. The largest absolute Gasteiger partial charge is 0.459 e. The molecular formula is C19H24Cl2O7. The van der Waals surface area contributed by atoms with Crippen molar-refractivity contribution in [3.8, 4) is 0 Å². The van der Waals surface area contributed by atoms with Gasteiger partial charge in [0, 0.05) is 17.9 Å². The molecule has 156 valence electrons. The van der Waals surface area contributed by atoms with Gasteiger partial charge in [0.1, 0.15) is 17.8 Å². The number of ether oxygens (including phenoxy) is 2. The molecule has 2 saturated carbocycles. The van der Waals surface area contributed by atoms with Crippen LogP contribution >= 0.6 is 23.2 Å². The average molecular weight is 435 g/mol. The molecule has 1 saturated heterocycles. The number of fused-ring (bicyclic) bond motifs is 3. The lowest BCUT2D eigenvalue weighted by Gasteiger charge is -2.37. The number of aliphatic hydroxyl groups is 3. The Morgan fingerprint density at radius 1 is 1.43 bits per heavy atom. The zero-order valence-corrected chi connectivity index (χ0v) is 16.9. The van der Waals surface area contributed by atoms with Crippen LogP contribution in [0.5, 0.6) is 0 Å². The minimum atomic E-state index is -1.90. The van der Waals surface area contributed by atoms with Crippen LogP contribution in [-0.2, 0) is 19.1 Å². The van der Waals surface area contributed by atoms with Gasteiger partial charge >= 0.3 is 11.9 Å². The predicted octanol–water partition coefficient (Wildman–Crippen LogP) is 0.913. The van der Waals surface area contributed by atoms with Crippen LogP contribution < -0.4 is 0 Å². The summed E-state index contributed by atoms with van der Waals surface area (Å²) in [5.74, 6) is -4.11. The van der Waals surface area contributed by atoms with Gasteiger partial charge in [-0.3, -0.25) is 0 Å². The summed E-state index contributed by atoms with van der Waals surface area (Å²) >= 11 is 11.6. The number of esters is 2. The molecule has 3 rings (SSSR count). The molecule has 9 heteroatoms. The summed E-state index contributed by atoms with van der Waals surface area (Å²) in [6, 6.07) is 0. The highest BCUT2D eigenvalue weighted by Gasteiger charge is 2.64. The molecule has 1 heterocycles. The summed E-state index contributed by atoms with van der Waals surface area (Å²) in [5, 5.41) is 31.6. The third-order valence-electron chi connectivity index (χ3n) is 6.24. The first-order valence-corrected chi connectivity index (χ1v) is 10.1. The molecule has 0 aromatic heterocycles. The van der Waals surface area contributed by atoms with Crippen molar-refractivity contribution in [2.24, 2.45) is 17.8 Å². The molecule has 0 unspecified atom stereocenters. The Morgan fingerprint density at radius 2 is 2.07 bits per heavy atom. The number of hydrogen-bond acceptors (Lipinski definition) is 7. The third-order valence-corrected chi connectivity index (χ3v) is 7.19. The number of hydrogen-bond donors (Lipinski definition) is 3. The lowest BCUT2D eigenvalue weighted by atomic mass is 9.76. The first-order valence-electron chi connectivity index (χ1n) is 9.01. The van der Waals surface area contributed by atoms with Crippen LogP contribution in [0.25, 0.3) is 0 Å². The van der Waals surface area contributed by atoms with E-state index in [2.05, 4.69) is 13.2 Å². The fourth-order valence-electron chi connectivity index (χ4n) is 4.58. The van der Waals surface area contributed by atoms with Crippen LogP contribution in [0.3, 0.4) is 0 Å². The van der Waals surface area contributed by atoms with Gasteiger partial charge in [0.15, 0.2) is 5.60 Å². The molecule has 28 heavy (non-hydrogen) atoms. The second kappa shape index (κ2) is 7.29. The molecular weight excluding hydrogens is 411 g/mol. The van der Waals surface area contributed by atoms with Crippen molar-refractivity contribution in [2.75, 3.05) is 11.8 Å². The summed E-state index contributed by atoms with van der Waals surface area (Å²) in [6.07, 6.45) is -2.54. The first kappa shape index (κ1) is 21.6. The van der Waals surface area contributed by atoms with Crippen molar-refractivity contribution in [1.82, 2.24) is 0 Å². The highest BCUT2D eigenvalue weighted by atomic mass is 35.5. The van der Waals surface area contributed by atoms with Gasteiger partial charge in [0.05, 0.1) is 23.8 Å². The van der Waals surface area contributed by atoms with Crippen molar-refractivity contribution < 1.29 is 34.4 Å². The Bertz CT molecular complexity index is 721. The number of carbonyl (C=O) groups excluding carboxylic acids is 2. The maximum atomic E-state index is 12.4. The van der Waals surface area contributed by atoms with Gasteiger partial charge in [-0.1, -0.05) is 18.7 Å². The van der Waals surface area contributed by atoms with Crippen LogP contribution in [0.2, 0.25) is 0 Å². The SMILES string of the molecule is C=C1C(=O)O[C@H]2[C@H]1[C@H](OC(=O)[C@](C)(O)CCl)CC(=C)[C@H]1C[C@@H](O)[C@@](O)(CCl)[C@@H]21. The lowest BCUT2D eigenvalue weighted by Crippen LogP contribution is -2.52. The van der Waals surface area contributed by atoms with Crippen molar-refractivity contribution in [3.63, 3.8) is 0 Å². The summed E-state index contributed by atoms with van der Waals surface area (Å²) < 4.78 is 11.0. The molecule has 0 spiro atoms. The Morgan fingerprint density at radius 3 is 2.64 bits per heavy atom. The number of rotatable bonds is 4. The molecule has 0 aromatic rings. The lowest BCUT2D eigenvalue weighted by molar-refractivity contribution is -0.172. The summed E-state index contributed by atoms with van der Waals surface area (Å²) in [4.78, 5) is 24.6. The predicted molar refractivity (Wildman–Crippen MR) is 101 cm³/mol. The van der Waals surface area contributed by atoms with Crippen LogP contribution in [0, 0.1) is 17.8 Å². The third kappa shape index (κ3) is 3.17. The van der Waals surface area contributed by atoms with Gasteiger partial charge in [-0.2, -0.15) is 0 Å². The minimum Gasteiger partial charge on any atom is -0.459 e. The molecule has 0 bridgehead atoms. The molecule has 0 amide bonds. The minimum absolute atomic E-state index is 0.0973. The van der Waals surface area contributed by atoms with Gasteiger partial charge in [-0.25, -0.2) is 9.59 Å². The van der Waals surface area contributed by atoms with E-state index in [1.165, 1.54) is 6.92 Å². The van der Waals surface area contributed by atoms with Crippen LogP contribution in [0.4, 0.5) is 0 Å². The molecule has 3 N–H and O–H groups in total. The van der Waals surface area contributed by atoms with Crippen molar-refractivity contribution in [2.45, 2.75) is 49.3 Å². The van der Waals surface area contributed by atoms with E-state index in [9.17, 15) is 24.9 Å². The molecule has 2 aliphatic carbocycles. The van der Waals surface area contributed by atoms with Crippen molar-refractivity contribution in [3.05, 3.63) is 24.3 Å². The second-order valence-electron chi connectivity index (χ2n) is 8.14. The Kier molecular flexibility index (Phi) is 5.62. The Labute approximate surface area is 172 Å². The van der Waals surface area contributed by atoms with E-state index in [1.807, 2.05) is 0 Å². The van der Waals surface area contributed by atoms with Gasteiger partial charge < -0.3 is 24.8 Å². The topological polar surface area (TPSA) is 113 Å². The Balaban J connectivity index is 2.01. The summed E-state index contributed by atoms with van der Waals surface area (Å²) in [5.41, 5.74) is -2.87. The average Bonchev–Trinajstić information content (AvgIpc) is 3.04. The van der Waals surface area contributed by atoms with E-state index in [0.29, 0.717) is 5.57 Å². The number of alkyl halides is 2. The van der Waals surface area contributed by atoms with Crippen molar-refractivity contribution >= 4 is 35.1 Å². The highest BCUT2D eigenvalue weighted by Crippen LogP contribution is 2.55. The van der Waals surface area contributed by atoms with E-state index in [1.54, 1.807) is 0 Å². The zero-order chi connectivity index (χ0) is 21.0. The van der Waals surface area contributed by atoms with E-state index in [4.69, 9.17) is 32.7 Å². The molecule has 0 aromatic carbocycles. The molecule has 8 atom stereocenters. The monoisotopic (exact) mass is 434 g/mol. The molecule has 3 fully saturated rings. The maximum absolute atomic E-state index is 12.4. The molecule has 3 aliphatic rings. The van der Waals surface area contributed by atoms with Gasteiger partial charge in [-0.15, -0.1) is 23.2 Å². The van der Waals surface area contributed by atoms with Gasteiger partial charge in [0.25, 0.3) is 0 Å². The number of aliphatic hydroxyl groups excluding tert-OH is 1. The fourth-order valence-corrected chi connectivity index (χ4v) is 5.05. The van der Waals surface area contributed by atoms with E-state index >= 15 is 0 Å². The van der Waals surface area contributed by atoms with Crippen LogP contribution in [-0.4, -0.2) is 68.5 Å². The number of carbonyl (C=O) groups is 2. The van der Waals surface area contributed by atoms with Gasteiger partial charge in [0.2, 0.25) is 0 Å². The maximum Gasteiger partial charge on any atom is 0.339 e. The van der Waals surface area contributed by atoms with Gasteiger partial charge in [-0.05, 0) is 19.3 Å². The summed E-state index contributed by atoms with van der Waals surface area (Å²) in [6.45, 7) is 9.05. The quantitative estimate of drug-likeness (QED) is 0.260. The van der Waals surface area contributed by atoms with Crippen molar-refractivity contribution in [1.29, 1.82) is 0 Å². The summed E-state index contributed by atoms with van der Waals surface area (Å²) in [7, 11) is 0. The van der Waals surface area contributed by atoms with Crippen LogP contribution in [0.1, 0.15) is 19.8 Å². The number of halogens is 2. The molecule has 7 nitrogen and oxygen atoms in total. The van der Waals surface area contributed by atoms with Crippen LogP contribution in [0.15, 0.2) is 24.3 Å². The highest BCUT2D eigenvalue weighted by molar-refractivity contribution is 6.20. The van der Waals surface area contributed by atoms with E-state index in [0.717, 1.165) is 0 Å². The first-order chi connectivity index (χ1) is 13.0. The smallest absolute Gasteiger partial charge is 0.339 e. The Hall–Kier alpha value is -1.12. The zero-order valence-electron chi connectivity index (χ0n) is 15.4. The van der Waals surface area contributed by atoms with E-state index in [-0.39, 0.29) is 36.1 Å². The molecule has 1 aliphatic heterocycles. The normalized spacial score (nSPS) is 42.3. The standard InChI is InChI=1S/C19H24Cl2O7/c1-8-4-11(27-17(24)18(3,25)6-20)13-9(2)16(23)28-15(13)14-10(8)5-12(22)19(14,26)7-21/h10-15,22,25-26H,1-2,4-7H2,3H3/t10-,11-,12-,13-,14-,15+,18-,19+/m1/s1. The van der Waals surface area contributed by atoms with E-state index < -0.39 is 53.3 Å².